The maximum Gasteiger partial charge on any atom is 1.00 e. The fourth-order valence-corrected chi connectivity index (χ4v) is 12.7. The van der Waals surface area contributed by atoms with E-state index in [4.69, 9.17) is 32.0 Å². The van der Waals surface area contributed by atoms with Crippen molar-refractivity contribution in [1.29, 1.82) is 0 Å². The molecule has 50 heteroatoms. The fourth-order valence-electron chi connectivity index (χ4n) is 8.26. The van der Waals surface area contributed by atoms with Crippen LogP contribution in [-0.4, -0.2) is 131 Å². The monoisotopic (exact) mass is 1490 g/mol. The van der Waals surface area contributed by atoms with Crippen molar-refractivity contribution in [3.63, 3.8) is 0 Å². The second-order valence-corrected chi connectivity index (χ2v) is 26.6. The van der Waals surface area contributed by atoms with Crippen LogP contribution in [0, 0.1) is 12.2 Å². The van der Waals surface area contributed by atoms with Gasteiger partial charge in [0, 0.05) is 13.1 Å². The molecule has 0 saturated carbocycles. The summed E-state index contributed by atoms with van der Waals surface area (Å²) in [5, 5.41) is 5.53. The number of benzene rings is 5. The van der Waals surface area contributed by atoms with Crippen LogP contribution in [-0.2, 0) is 60.7 Å². The molecule has 0 atom stereocenters. The topological polar surface area (TPSA) is 516 Å². The summed E-state index contributed by atoms with van der Waals surface area (Å²) in [7, 11) is -31.0. The van der Waals surface area contributed by atoms with Crippen LogP contribution in [0.5, 0.6) is 0 Å². The van der Waals surface area contributed by atoms with E-state index in [0.717, 1.165) is 22.2 Å². The van der Waals surface area contributed by atoms with Crippen LogP contribution in [0.3, 0.4) is 0 Å². The SMILES string of the molecule is CCCN(Nc1nc(F)nc(Nc2cc(S(=O)(=O)O)ccc2S(=O)(=O)O)n1)c1ccc2[nH]c3c(Cl)c4oc5c(S(=O)(=O)O)c(N(CCC)Nc6nc(F)nc(Nc7cc(S(=O)(=O)O)ccc7S(=O)(=O)O)n6)ccc5[nH]c4c(Cl)c3oc2c1S(=O)(=O)O.[Na+].[Na+].[Na+].[Na+].[Na+].[Na+]. The number of hydrogen-bond donors (Lipinski definition) is 12. The first kappa shape index (κ1) is 84.2. The van der Waals surface area contributed by atoms with Crippen LogP contribution in [0.15, 0.2) is 98.9 Å². The number of halogens is 4. The summed E-state index contributed by atoms with van der Waals surface area (Å²) in [5.41, 5.74) is -0.516. The Morgan fingerprint density at radius 3 is 1.08 bits per heavy atom. The van der Waals surface area contributed by atoms with Crippen molar-refractivity contribution in [1.82, 2.24) is 39.9 Å². The number of aromatic amines is 2. The van der Waals surface area contributed by atoms with Crippen molar-refractivity contribution in [3.05, 3.63) is 82.9 Å². The van der Waals surface area contributed by atoms with E-state index >= 15 is 8.78 Å². The molecule has 458 valence electrons. The van der Waals surface area contributed by atoms with Crippen LogP contribution < -0.4 is 209 Å². The fraction of sp³-hybridized carbons (Fsp3) is 0.143. The molecule has 0 aliphatic heterocycles. The number of hydrazine groups is 2. The third kappa shape index (κ3) is 18.9. The molecule has 0 amide bonds. The van der Waals surface area contributed by atoms with Crippen LogP contribution in [0.25, 0.3) is 44.4 Å². The number of aromatic nitrogens is 8. The maximum absolute atomic E-state index is 15.1. The van der Waals surface area contributed by atoms with Gasteiger partial charge in [-0.3, -0.25) is 48.2 Å². The van der Waals surface area contributed by atoms with Gasteiger partial charge in [-0.2, -0.15) is 89.2 Å². The van der Waals surface area contributed by atoms with E-state index in [9.17, 15) is 77.8 Å². The van der Waals surface area contributed by atoms with Crippen molar-refractivity contribution in [3.8, 4) is 0 Å². The average molecular weight is 1500 g/mol. The Morgan fingerprint density at radius 1 is 0.457 bits per heavy atom. The molecule has 9 aromatic rings. The van der Waals surface area contributed by atoms with Crippen molar-refractivity contribution >= 4 is 175 Å². The Kier molecular flexibility index (Phi) is 29.6. The van der Waals surface area contributed by atoms with Gasteiger partial charge in [0.05, 0.1) is 43.6 Å². The van der Waals surface area contributed by atoms with Gasteiger partial charge < -0.3 is 29.4 Å². The molecular formula is C42H36Cl2F2N14Na6O20S6+6. The average Bonchev–Trinajstić information content (AvgIpc) is 0.725. The molecule has 4 aromatic heterocycles. The van der Waals surface area contributed by atoms with E-state index in [1.54, 1.807) is 13.8 Å². The number of anilines is 8. The van der Waals surface area contributed by atoms with Crippen LogP contribution >= 0.6 is 23.2 Å². The molecule has 34 nitrogen and oxygen atoms in total. The van der Waals surface area contributed by atoms with Crippen LogP contribution in [0.2, 0.25) is 10.0 Å². The molecule has 0 bridgehead atoms. The van der Waals surface area contributed by atoms with Gasteiger partial charge in [-0.1, -0.05) is 37.0 Å². The normalized spacial score (nSPS) is 11.9. The second kappa shape index (κ2) is 32.3. The maximum atomic E-state index is 15.1. The largest absolute Gasteiger partial charge is 1.00 e. The molecule has 92 heavy (non-hydrogen) atoms. The summed E-state index contributed by atoms with van der Waals surface area (Å²) in [6.07, 6.45) is -2.81. The minimum Gasteiger partial charge on any atom is -0.450 e. The zero-order valence-electron chi connectivity index (χ0n) is 48.5. The molecule has 0 radical (unpaired) electrons. The van der Waals surface area contributed by atoms with Crippen LogP contribution in [0.4, 0.5) is 55.3 Å². The zero-order chi connectivity index (χ0) is 63.0. The molecule has 0 saturated heterocycles. The first-order valence-corrected chi connectivity index (χ1v) is 32.7. The van der Waals surface area contributed by atoms with Gasteiger partial charge in [0.25, 0.3) is 40.5 Å². The number of fused-ring (bicyclic) bond motifs is 4. The quantitative estimate of drug-likeness (QED) is 0.0146. The Labute approximate surface area is 661 Å². The van der Waals surface area contributed by atoms with E-state index < -0.39 is 181 Å². The molecular weight excluding hydrogens is 1460 g/mol. The van der Waals surface area contributed by atoms with Crippen molar-refractivity contribution in [2.45, 2.75) is 56.1 Å². The molecule has 0 aliphatic carbocycles. The Morgan fingerprint density at radius 2 is 0.783 bits per heavy atom. The Hall–Kier alpha value is -1.98. The van der Waals surface area contributed by atoms with Gasteiger partial charge in [-0.15, -0.1) is 0 Å². The van der Waals surface area contributed by atoms with Crippen molar-refractivity contribution in [2.75, 3.05) is 44.6 Å². The molecule has 0 spiro atoms. The summed E-state index contributed by atoms with van der Waals surface area (Å²) in [6.45, 7) is 2.80. The van der Waals surface area contributed by atoms with Gasteiger partial charge in [0.2, 0.25) is 23.8 Å². The number of hydrogen-bond acceptors (Lipinski definition) is 26. The third-order valence-corrected chi connectivity index (χ3v) is 17.7. The molecule has 5 aromatic carbocycles. The molecule has 9 rings (SSSR count). The molecule has 4 heterocycles. The van der Waals surface area contributed by atoms with Gasteiger partial charge >= 0.3 is 210 Å². The molecule has 0 unspecified atom stereocenters. The van der Waals surface area contributed by atoms with Gasteiger partial charge in [0.1, 0.15) is 30.9 Å². The number of nitrogens with zero attached hydrogens (tertiary/aromatic N) is 8. The van der Waals surface area contributed by atoms with E-state index in [-0.39, 0.29) is 225 Å². The first-order valence-electron chi connectivity index (χ1n) is 23.3. The summed E-state index contributed by atoms with van der Waals surface area (Å²) in [6, 6.07) is 8.18. The minimum absolute atomic E-state index is 0. The summed E-state index contributed by atoms with van der Waals surface area (Å²) in [5.74, 6) is -3.16. The van der Waals surface area contributed by atoms with Gasteiger partial charge in [-0.25, -0.2) is 0 Å². The number of rotatable bonds is 20. The molecule has 0 fully saturated rings. The second-order valence-electron chi connectivity index (χ2n) is 17.5. The summed E-state index contributed by atoms with van der Waals surface area (Å²) < 4.78 is 253. The first-order chi connectivity index (χ1) is 39.9. The van der Waals surface area contributed by atoms with Crippen molar-refractivity contribution in [2.24, 2.45) is 0 Å². The van der Waals surface area contributed by atoms with Crippen molar-refractivity contribution < 1.29 is 273 Å². The predicted octanol–water partition coefficient (Wildman–Crippen LogP) is -11.3. The number of nitrogens with one attached hydrogen (secondary N) is 6. The van der Waals surface area contributed by atoms with E-state index in [2.05, 4.69) is 61.4 Å². The Bertz CT molecular complexity index is 4810. The smallest absolute Gasteiger partial charge is 0.450 e. The van der Waals surface area contributed by atoms with E-state index in [1.807, 2.05) is 0 Å². The van der Waals surface area contributed by atoms with Gasteiger partial charge in [-0.05, 0) is 73.5 Å². The standard InChI is InChI=1S/C42H36Cl2F2N14O20S6.6Na/c1-3-13-59(57-41-53-37(45)51-39(55-41)49-21-15-17(81(61,62)63)5-11-25(21)83(67,68)69)23-9-7-19-31(35(23)85(73,74)75)79-33-27(43)30-34(28(44)29(33)47-19)80-32-20(48-30)8-10-24(36(32)86(76,77)78)60(14-4-2)58-42-54-38(46)52-40(56-42)50-22-16-18(82(64,65)66)6-12-26(22)84(70,71)72;;;;;;/h5-12,15-16,47-48H,3-4,13-14H2,1-2H3,(H,61,62,63)(H,64,65,66)(H,67,68,69)(H,70,71,72)(H,73,74,75)(H,76,77,78)(H2,49,51,53,55,57)(H2,50,52,54,56,58);;;;;;/q;6*+1. The predicted molar refractivity (Wildman–Crippen MR) is 298 cm³/mol. The number of H-pyrrole nitrogens is 2. The Balaban J connectivity index is 0.00000368. The molecule has 12 N–H and O–H groups in total. The minimum atomic E-state index is -5.42. The van der Waals surface area contributed by atoms with E-state index in [1.165, 1.54) is 12.1 Å². The summed E-state index contributed by atoms with van der Waals surface area (Å²) >= 11 is 13.9. The van der Waals surface area contributed by atoms with Gasteiger partial charge in [0.15, 0.2) is 32.1 Å². The summed E-state index contributed by atoms with van der Waals surface area (Å²) in [4.78, 5) is 21.7. The van der Waals surface area contributed by atoms with E-state index in [0.29, 0.717) is 36.4 Å². The van der Waals surface area contributed by atoms with Crippen LogP contribution in [0.1, 0.15) is 26.7 Å². The molecule has 0 aliphatic rings. The zero-order valence-corrected chi connectivity index (χ0v) is 67.0. The third-order valence-electron chi connectivity index (χ3n) is 11.6.